The van der Waals surface area contributed by atoms with E-state index < -0.39 is 0 Å². The molecule has 1 aliphatic rings. The van der Waals surface area contributed by atoms with Crippen LogP contribution in [0.15, 0.2) is 52.7 Å². The molecule has 124 valence electrons. The minimum absolute atomic E-state index is 0.164. The van der Waals surface area contributed by atoms with E-state index in [1.165, 1.54) is 11.1 Å². The minimum atomic E-state index is 0.164. The lowest BCUT2D eigenvalue weighted by atomic mass is 10.1. The van der Waals surface area contributed by atoms with E-state index in [4.69, 9.17) is 9.40 Å². The molecule has 1 aliphatic carbocycles. The molecule has 1 atom stereocenters. The van der Waals surface area contributed by atoms with Gasteiger partial charge in [-0.2, -0.15) is 0 Å². The fourth-order valence-electron chi connectivity index (χ4n) is 3.49. The van der Waals surface area contributed by atoms with E-state index in [-0.39, 0.29) is 6.61 Å². The van der Waals surface area contributed by atoms with Crippen LogP contribution < -0.4 is 0 Å². The van der Waals surface area contributed by atoms with Gasteiger partial charge >= 0.3 is 0 Å². The molecule has 2 heterocycles. The van der Waals surface area contributed by atoms with Crippen molar-refractivity contribution in [3.8, 4) is 10.6 Å². The fraction of sp³-hybridized carbons (Fsp3) is 0.316. The normalized spacial score (nSPS) is 16.7. The number of thiazole rings is 1. The van der Waals surface area contributed by atoms with E-state index >= 15 is 0 Å². The molecule has 4 rings (SSSR count). The van der Waals surface area contributed by atoms with Crippen molar-refractivity contribution in [1.82, 2.24) is 9.88 Å². The first-order chi connectivity index (χ1) is 11.8. The number of aliphatic hydroxyl groups is 1. The van der Waals surface area contributed by atoms with Crippen molar-refractivity contribution < 1.29 is 9.52 Å². The maximum atomic E-state index is 9.51. The van der Waals surface area contributed by atoms with Gasteiger partial charge in [-0.15, -0.1) is 11.3 Å². The lowest BCUT2D eigenvalue weighted by molar-refractivity contribution is 0.141. The van der Waals surface area contributed by atoms with E-state index in [0.29, 0.717) is 12.6 Å². The van der Waals surface area contributed by atoms with Crippen molar-refractivity contribution in [3.05, 3.63) is 65.1 Å². The maximum absolute atomic E-state index is 9.51. The summed E-state index contributed by atoms with van der Waals surface area (Å²) in [6.07, 6.45) is 5.61. The minimum Gasteiger partial charge on any atom is -0.472 e. The first kappa shape index (κ1) is 15.6. The molecule has 1 aromatic carbocycles. The van der Waals surface area contributed by atoms with Crippen LogP contribution >= 0.6 is 11.3 Å². The van der Waals surface area contributed by atoms with E-state index in [1.807, 2.05) is 6.07 Å². The largest absolute Gasteiger partial charge is 0.472 e. The van der Waals surface area contributed by atoms with Gasteiger partial charge in [0.2, 0.25) is 0 Å². The van der Waals surface area contributed by atoms with E-state index in [9.17, 15) is 5.11 Å². The third kappa shape index (κ3) is 3.02. The summed E-state index contributed by atoms with van der Waals surface area (Å²) in [5.41, 5.74) is 4.90. The smallest absolute Gasteiger partial charge is 0.126 e. The highest BCUT2D eigenvalue weighted by Gasteiger charge is 2.27. The number of aromatic nitrogens is 1. The van der Waals surface area contributed by atoms with Crippen LogP contribution in [-0.4, -0.2) is 28.1 Å². The molecule has 0 spiro atoms. The summed E-state index contributed by atoms with van der Waals surface area (Å²) in [6.45, 7) is 1.59. The Kier molecular flexibility index (Phi) is 4.47. The second kappa shape index (κ2) is 6.89. The highest BCUT2D eigenvalue weighted by molar-refractivity contribution is 7.13. The topological polar surface area (TPSA) is 49.5 Å². The SMILES string of the molecule is OCCN(Cc1csc(-c2ccoc2)n1)C1CCc2ccccc21. The zero-order chi connectivity index (χ0) is 16.4. The average molecular weight is 340 g/mol. The Labute approximate surface area is 145 Å². The highest BCUT2D eigenvalue weighted by atomic mass is 32.1. The van der Waals surface area contributed by atoms with Crippen LogP contribution in [-0.2, 0) is 13.0 Å². The van der Waals surface area contributed by atoms with Gasteiger partial charge in [0.15, 0.2) is 0 Å². The van der Waals surface area contributed by atoms with E-state index in [1.54, 1.807) is 23.9 Å². The molecule has 0 aliphatic heterocycles. The molecule has 0 bridgehead atoms. The Balaban J connectivity index is 1.54. The Morgan fingerprint density at radius 3 is 3.04 bits per heavy atom. The molecule has 24 heavy (non-hydrogen) atoms. The molecule has 0 saturated heterocycles. The number of aryl methyl sites for hydroxylation is 1. The molecule has 2 aromatic heterocycles. The number of aliphatic hydroxyl groups excluding tert-OH is 1. The second-order valence-electron chi connectivity index (χ2n) is 6.10. The summed E-state index contributed by atoms with van der Waals surface area (Å²) in [5.74, 6) is 0. The summed E-state index contributed by atoms with van der Waals surface area (Å²) in [6, 6.07) is 10.9. The number of nitrogens with zero attached hydrogens (tertiary/aromatic N) is 2. The van der Waals surface area contributed by atoms with E-state index in [0.717, 1.165) is 35.7 Å². The molecule has 5 heteroatoms. The molecule has 0 amide bonds. The van der Waals surface area contributed by atoms with Crippen LogP contribution in [0.2, 0.25) is 0 Å². The van der Waals surface area contributed by atoms with Gasteiger partial charge in [-0.05, 0) is 30.0 Å². The molecular formula is C19H20N2O2S. The lowest BCUT2D eigenvalue weighted by Crippen LogP contribution is -2.30. The Hall–Kier alpha value is -1.95. The Morgan fingerprint density at radius 2 is 2.21 bits per heavy atom. The highest BCUT2D eigenvalue weighted by Crippen LogP contribution is 2.36. The second-order valence-corrected chi connectivity index (χ2v) is 6.96. The molecule has 1 N–H and O–H groups in total. The Morgan fingerprint density at radius 1 is 1.29 bits per heavy atom. The molecule has 0 radical (unpaired) electrons. The van der Waals surface area contributed by atoms with Gasteiger partial charge in [-0.3, -0.25) is 4.90 Å². The van der Waals surface area contributed by atoms with Crippen molar-refractivity contribution in [3.63, 3.8) is 0 Å². The van der Waals surface area contributed by atoms with Crippen LogP contribution in [0, 0.1) is 0 Å². The maximum Gasteiger partial charge on any atom is 0.126 e. The van der Waals surface area contributed by atoms with Crippen LogP contribution in [0.25, 0.3) is 10.6 Å². The number of furan rings is 1. The number of benzene rings is 1. The quantitative estimate of drug-likeness (QED) is 0.740. The molecule has 0 saturated carbocycles. The zero-order valence-electron chi connectivity index (χ0n) is 13.4. The van der Waals surface area contributed by atoms with Gasteiger partial charge in [0.25, 0.3) is 0 Å². The van der Waals surface area contributed by atoms with Gasteiger partial charge in [0.1, 0.15) is 11.3 Å². The van der Waals surface area contributed by atoms with Crippen LogP contribution in [0.5, 0.6) is 0 Å². The predicted octanol–water partition coefficient (Wildman–Crippen LogP) is 3.88. The summed E-state index contributed by atoms with van der Waals surface area (Å²) in [4.78, 5) is 7.08. The van der Waals surface area contributed by atoms with Crippen molar-refractivity contribution in [2.75, 3.05) is 13.2 Å². The number of hydrogen-bond acceptors (Lipinski definition) is 5. The molecule has 1 unspecified atom stereocenters. The van der Waals surface area contributed by atoms with Crippen LogP contribution in [0.4, 0.5) is 0 Å². The number of hydrogen-bond donors (Lipinski definition) is 1. The zero-order valence-corrected chi connectivity index (χ0v) is 14.2. The average Bonchev–Trinajstić information content (AvgIpc) is 3.34. The summed E-state index contributed by atoms with van der Waals surface area (Å²) >= 11 is 1.64. The molecule has 0 fully saturated rings. The van der Waals surface area contributed by atoms with Gasteiger partial charge in [0, 0.05) is 30.1 Å². The van der Waals surface area contributed by atoms with Gasteiger partial charge in [0.05, 0.1) is 18.6 Å². The standard InChI is InChI=1S/C19H20N2O2S/c22-9-8-21(18-6-5-14-3-1-2-4-17(14)18)11-16-13-24-19(20-16)15-7-10-23-12-15/h1-4,7,10,12-13,18,22H,5-6,8-9,11H2. The molecule has 3 aromatic rings. The van der Waals surface area contributed by atoms with Crippen molar-refractivity contribution in [2.45, 2.75) is 25.4 Å². The number of fused-ring (bicyclic) bond motifs is 1. The Bertz CT molecular complexity index is 797. The van der Waals surface area contributed by atoms with Gasteiger partial charge in [-0.25, -0.2) is 4.98 Å². The van der Waals surface area contributed by atoms with Gasteiger partial charge < -0.3 is 9.52 Å². The van der Waals surface area contributed by atoms with Crippen molar-refractivity contribution in [2.24, 2.45) is 0 Å². The van der Waals surface area contributed by atoms with Crippen LogP contribution in [0.3, 0.4) is 0 Å². The first-order valence-corrected chi connectivity index (χ1v) is 9.13. The summed E-state index contributed by atoms with van der Waals surface area (Å²) in [5, 5.41) is 12.6. The lowest BCUT2D eigenvalue weighted by Gasteiger charge is -2.28. The van der Waals surface area contributed by atoms with Crippen molar-refractivity contribution >= 4 is 11.3 Å². The summed E-state index contributed by atoms with van der Waals surface area (Å²) < 4.78 is 5.14. The predicted molar refractivity (Wildman–Crippen MR) is 94.8 cm³/mol. The number of rotatable bonds is 6. The third-order valence-corrected chi connectivity index (χ3v) is 5.55. The van der Waals surface area contributed by atoms with Gasteiger partial charge in [-0.1, -0.05) is 24.3 Å². The third-order valence-electron chi connectivity index (χ3n) is 4.61. The first-order valence-electron chi connectivity index (χ1n) is 8.25. The molecular weight excluding hydrogens is 320 g/mol. The van der Waals surface area contributed by atoms with Crippen molar-refractivity contribution in [1.29, 1.82) is 0 Å². The van der Waals surface area contributed by atoms with Crippen LogP contribution in [0.1, 0.15) is 29.3 Å². The summed E-state index contributed by atoms with van der Waals surface area (Å²) in [7, 11) is 0. The fourth-order valence-corrected chi connectivity index (χ4v) is 4.29. The molecule has 4 nitrogen and oxygen atoms in total. The van der Waals surface area contributed by atoms with E-state index in [2.05, 4.69) is 34.5 Å². The monoisotopic (exact) mass is 340 g/mol.